The fraction of sp³-hybridized carbons (Fsp3) is 0.0625. The summed E-state index contributed by atoms with van der Waals surface area (Å²) in [5.74, 6) is -1.28. The first kappa shape index (κ1) is 17.8. The fourth-order valence-electron chi connectivity index (χ4n) is 2.10. The Morgan fingerprint density at radius 2 is 1.96 bits per heavy atom. The van der Waals surface area contributed by atoms with Crippen LogP contribution in [-0.4, -0.2) is 27.9 Å². The molecule has 1 saturated heterocycles. The molecule has 0 unspecified atom stereocenters. The minimum atomic E-state index is -0.492. The van der Waals surface area contributed by atoms with E-state index in [9.17, 15) is 19.2 Å². The van der Waals surface area contributed by atoms with E-state index >= 15 is 0 Å². The first-order valence-corrected chi connectivity index (χ1v) is 8.99. The van der Waals surface area contributed by atoms with Crippen molar-refractivity contribution in [2.45, 2.75) is 6.42 Å². The van der Waals surface area contributed by atoms with Crippen molar-refractivity contribution in [1.82, 2.24) is 10.3 Å². The maximum Gasteiger partial charge on any atom is 0.290 e. The van der Waals surface area contributed by atoms with Gasteiger partial charge in [-0.25, -0.2) is 4.98 Å². The molecule has 4 N–H and O–H groups in total. The second kappa shape index (κ2) is 7.50. The van der Waals surface area contributed by atoms with E-state index in [-0.39, 0.29) is 12.3 Å². The second-order valence-electron chi connectivity index (χ2n) is 5.22. The predicted molar refractivity (Wildman–Crippen MR) is 98.5 cm³/mol. The lowest BCUT2D eigenvalue weighted by Gasteiger charge is -2.02. The highest BCUT2D eigenvalue weighted by atomic mass is 32.2. The lowest BCUT2D eigenvalue weighted by Crippen LogP contribution is -2.17. The van der Waals surface area contributed by atoms with Gasteiger partial charge in [-0.2, -0.15) is 0 Å². The quantitative estimate of drug-likeness (QED) is 0.669. The molecule has 1 aliphatic rings. The van der Waals surface area contributed by atoms with E-state index in [1.807, 2.05) is 0 Å². The number of aromatic nitrogens is 1. The minimum absolute atomic E-state index is 0.0177. The number of thiazole rings is 1. The maximum atomic E-state index is 12.2. The van der Waals surface area contributed by atoms with Crippen molar-refractivity contribution in [2.24, 2.45) is 5.73 Å². The number of nitrogens with two attached hydrogens (primary N) is 1. The molecule has 0 bridgehead atoms. The van der Waals surface area contributed by atoms with Crippen molar-refractivity contribution in [2.75, 3.05) is 5.32 Å². The average Bonchev–Trinajstić information content (AvgIpc) is 3.13. The predicted octanol–water partition coefficient (Wildman–Crippen LogP) is 1.75. The molecule has 10 heteroatoms. The SMILES string of the molecule is NC(=O)Cc1csc(NC(=O)c2ccc(/C=C3\SC(=O)NC3=O)cc2)n1. The molecule has 0 aliphatic carbocycles. The van der Waals surface area contributed by atoms with Gasteiger partial charge in [0, 0.05) is 10.9 Å². The summed E-state index contributed by atoms with van der Waals surface area (Å²) < 4.78 is 0. The molecule has 0 spiro atoms. The van der Waals surface area contributed by atoms with E-state index in [1.54, 1.807) is 35.7 Å². The number of hydrogen-bond donors (Lipinski definition) is 3. The number of hydrogen-bond acceptors (Lipinski definition) is 7. The van der Waals surface area contributed by atoms with Crippen molar-refractivity contribution in [3.8, 4) is 0 Å². The molecule has 4 amide bonds. The number of nitrogens with zero attached hydrogens (tertiary/aromatic N) is 1. The third-order valence-corrected chi connectivity index (χ3v) is 4.86. The molecule has 132 valence electrons. The van der Waals surface area contributed by atoms with Gasteiger partial charge in [0.25, 0.3) is 17.1 Å². The highest BCUT2D eigenvalue weighted by molar-refractivity contribution is 8.18. The summed E-state index contributed by atoms with van der Waals surface area (Å²) >= 11 is 2.03. The summed E-state index contributed by atoms with van der Waals surface area (Å²) in [4.78, 5) is 50.2. The summed E-state index contributed by atoms with van der Waals surface area (Å²) in [7, 11) is 0. The Morgan fingerprint density at radius 3 is 2.58 bits per heavy atom. The monoisotopic (exact) mass is 388 g/mol. The first-order chi connectivity index (χ1) is 12.4. The zero-order valence-electron chi connectivity index (χ0n) is 13.1. The molecular formula is C16H12N4O4S2. The number of nitrogens with one attached hydrogen (secondary N) is 2. The lowest BCUT2D eigenvalue weighted by atomic mass is 10.1. The lowest BCUT2D eigenvalue weighted by molar-refractivity contribution is -0.117. The molecule has 3 rings (SSSR count). The largest absolute Gasteiger partial charge is 0.369 e. The second-order valence-corrected chi connectivity index (χ2v) is 7.09. The van der Waals surface area contributed by atoms with Crippen LogP contribution in [0.3, 0.4) is 0 Å². The number of benzene rings is 1. The van der Waals surface area contributed by atoms with Gasteiger partial charge in [-0.05, 0) is 35.5 Å². The molecule has 1 aromatic heterocycles. The normalized spacial score (nSPS) is 15.2. The van der Waals surface area contributed by atoms with Crippen LogP contribution in [0.15, 0.2) is 34.6 Å². The highest BCUT2D eigenvalue weighted by Gasteiger charge is 2.24. The molecule has 0 atom stereocenters. The van der Waals surface area contributed by atoms with Crippen LogP contribution in [0, 0.1) is 0 Å². The number of amides is 4. The van der Waals surface area contributed by atoms with Gasteiger partial charge >= 0.3 is 0 Å². The number of thioether (sulfide) groups is 1. The van der Waals surface area contributed by atoms with Gasteiger partial charge < -0.3 is 5.73 Å². The van der Waals surface area contributed by atoms with E-state index in [4.69, 9.17) is 5.73 Å². The van der Waals surface area contributed by atoms with Crippen LogP contribution in [0.2, 0.25) is 0 Å². The molecule has 2 heterocycles. The van der Waals surface area contributed by atoms with Crippen LogP contribution in [0.4, 0.5) is 9.93 Å². The molecule has 2 aromatic rings. The molecule has 0 saturated carbocycles. The number of anilines is 1. The van der Waals surface area contributed by atoms with Gasteiger partial charge in [-0.3, -0.25) is 29.8 Å². The standard InChI is InChI=1S/C16H12N4O4S2/c17-12(21)6-10-7-25-15(18-10)19-13(22)9-3-1-8(2-4-9)5-11-14(23)20-16(24)26-11/h1-5,7H,6H2,(H2,17,21)(H,18,19,22)(H,20,23,24)/b11-5-. The van der Waals surface area contributed by atoms with Crippen molar-refractivity contribution in [3.05, 3.63) is 51.4 Å². The highest BCUT2D eigenvalue weighted by Crippen LogP contribution is 2.25. The number of carbonyl (C=O) groups is 4. The number of primary amides is 1. The molecule has 1 aromatic carbocycles. The van der Waals surface area contributed by atoms with Gasteiger partial charge in [0.15, 0.2) is 5.13 Å². The van der Waals surface area contributed by atoms with Gasteiger partial charge in [0.05, 0.1) is 17.0 Å². The molecule has 26 heavy (non-hydrogen) atoms. The first-order valence-electron chi connectivity index (χ1n) is 7.29. The maximum absolute atomic E-state index is 12.2. The Hall–Kier alpha value is -2.98. The van der Waals surface area contributed by atoms with Crippen LogP contribution < -0.4 is 16.4 Å². The van der Waals surface area contributed by atoms with Crippen LogP contribution in [0.25, 0.3) is 6.08 Å². The Balaban J connectivity index is 1.66. The molecule has 1 aliphatic heterocycles. The van der Waals surface area contributed by atoms with Crippen molar-refractivity contribution < 1.29 is 19.2 Å². The zero-order valence-corrected chi connectivity index (χ0v) is 14.8. The molecular weight excluding hydrogens is 376 g/mol. The summed E-state index contributed by atoms with van der Waals surface area (Å²) in [6.45, 7) is 0. The Morgan fingerprint density at radius 1 is 1.23 bits per heavy atom. The van der Waals surface area contributed by atoms with Crippen LogP contribution in [0.5, 0.6) is 0 Å². The molecule has 8 nitrogen and oxygen atoms in total. The van der Waals surface area contributed by atoms with E-state index in [1.165, 1.54) is 11.3 Å². The number of carbonyl (C=O) groups excluding carboxylic acids is 4. The zero-order chi connectivity index (χ0) is 18.7. The third-order valence-electron chi connectivity index (χ3n) is 3.24. The minimum Gasteiger partial charge on any atom is -0.369 e. The average molecular weight is 388 g/mol. The summed E-state index contributed by atoms with van der Waals surface area (Å²) in [5.41, 5.74) is 6.69. The van der Waals surface area contributed by atoms with Gasteiger partial charge in [-0.1, -0.05) is 12.1 Å². The van der Waals surface area contributed by atoms with E-state index < -0.39 is 17.1 Å². The van der Waals surface area contributed by atoms with E-state index in [0.717, 1.165) is 11.8 Å². The smallest absolute Gasteiger partial charge is 0.290 e. The van der Waals surface area contributed by atoms with Gasteiger partial charge in [-0.15, -0.1) is 11.3 Å². The molecule has 0 radical (unpaired) electrons. The van der Waals surface area contributed by atoms with Crippen molar-refractivity contribution in [3.63, 3.8) is 0 Å². The van der Waals surface area contributed by atoms with Gasteiger partial charge in [0.2, 0.25) is 5.91 Å². The number of rotatable bonds is 5. The van der Waals surface area contributed by atoms with Crippen LogP contribution >= 0.6 is 23.1 Å². The number of imide groups is 1. The Labute approximate surface area is 155 Å². The summed E-state index contributed by atoms with van der Waals surface area (Å²) in [6.07, 6.45) is 1.59. The Kier molecular flexibility index (Phi) is 5.14. The van der Waals surface area contributed by atoms with Crippen LogP contribution in [0.1, 0.15) is 21.6 Å². The third kappa shape index (κ3) is 4.35. The Bertz CT molecular complexity index is 934. The van der Waals surface area contributed by atoms with Gasteiger partial charge in [0.1, 0.15) is 0 Å². The topological polar surface area (TPSA) is 131 Å². The van der Waals surface area contributed by atoms with E-state index in [0.29, 0.717) is 26.9 Å². The summed E-state index contributed by atoms with van der Waals surface area (Å²) in [6, 6.07) is 6.52. The van der Waals surface area contributed by atoms with E-state index in [2.05, 4.69) is 15.6 Å². The van der Waals surface area contributed by atoms with Crippen molar-refractivity contribution >= 4 is 57.3 Å². The summed E-state index contributed by atoms with van der Waals surface area (Å²) in [5, 5.41) is 6.44. The molecule has 1 fully saturated rings. The van der Waals surface area contributed by atoms with Crippen LogP contribution in [-0.2, 0) is 16.0 Å². The fourth-order valence-corrected chi connectivity index (χ4v) is 3.48. The van der Waals surface area contributed by atoms with Crippen molar-refractivity contribution in [1.29, 1.82) is 0 Å².